The molecule has 0 heterocycles. The van der Waals surface area contributed by atoms with Crippen molar-refractivity contribution in [3.63, 3.8) is 0 Å². The zero-order valence-electron chi connectivity index (χ0n) is 8.16. The number of rotatable bonds is 0. The van der Waals surface area contributed by atoms with Gasteiger partial charge in [0.15, 0.2) is 0 Å². The molecule has 0 saturated heterocycles. The lowest BCUT2D eigenvalue weighted by Gasteiger charge is -2.32. The van der Waals surface area contributed by atoms with Crippen molar-refractivity contribution >= 4 is 0 Å². The first kappa shape index (κ1) is 8.28. The molecule has 3 rings (SSSR count). The first-order valence-corrected chi connectivity index (χ1v) is 5.22. The van der Waals surface area contributed by atoms with Gasteiger partial charge in [-0.2, -0.15) is 0 Å². The molecule has 3 aliphatic carbocycles. The molecule has 3 aliphatic rings. The lowest BCUT2D eigenvalue weighted by atomic mass is 9.72. The van der Waals surface area contributed by atoms with Crippen LogP contribution in [0.4, 0.5) is 0 Å². The van der Waals surface area contributed by atoms with Crippen LogP contribution in [0.1, 0.15) is 19.3 Å². The Morgan fingerprint density at radius 2 is 1.64 bits per heavy atom. The van der Waals surface area contributed by atoms with E-state index >= 15 is 0 Å². The molecular formula is C14H13. The summed E-state index contributed by atoms with van der Waals surface area (Å²) in [6, 6.07) is 0. The Morgan fingerprint density at radius 1 is 0.857 bits per heavy atom. The third kappa shape index (κ3) is 1.30. The Morgan fingerprint density at radius 3 is 2.57 bits per heavy atom. The van der Waals surface area contributed by atoms with Gasteiger partial charge in [0, 0.05) is 18.3 Å². The van der Waals surface area contributed by atoms with Gasteiger partial charge in [0.25, 0.3) is 0 Å². The second kappa shape index (κ2) is 3.27. The van der Waals surface area contributed by atoms with E-state index < -0.39 is 0 Å². The molecule has 0 fully saturated rings. The third-order valence-corrected chi connectivity index (χ3v) is 3.11. The van der Waals surface area contributed by atoms with Gasteiger partial charge in [0.05, 0.1) is 0 Å². The highest BCUT2D eigenvalue weighted by Crippen LogP contribution is 2.43. The Kier molecular flexibility index (Phi) is 1.93. The zero-order chi connectivity index (χ0) is 9.38. The normalized spacial score (nSPS) is 26.6. The van der Waals surface area contributed by atoms with Crippen molar-refractivity contribution in [2.45, 2.75) is 19.3 Å². The minimum absolute atomic E-state index is 1.14. The molecule has 69 valence electrons. The van der Waals surface area contributed by atoms with Gasteiger partial charge in [-0.15, -0.1) is 0 Å². The van der Waals surface area contributed by atoms with Crippen LogP contribution in [0.5, 0.6) is 0 Å². The third-order valence-electron chi connectivity index (χ3n) is 3.11. The summed E-state index contributed by atoms with van der Waals surface area (Å²) >= 11 is 0. The van der Waals surface area contributed by atoms with Gasteiger partial charge in [-0.05, 0) is 24.8 Å². The summed E-state index contributed by atoms with van der Waals surface area (Å²) in [6.45, 7) is 0. The van der Waals surface area contributed by atoms with Gasteiger partial charge in [-0.25, -0.2) is 0 Å². The van der Waals surface area contributed by atoms with E-state index in [0.29, 0.717) is 0 Å². The van der Waals surface area contributed by atoms with E-state index in [4.69, 9.17) is 0 Å². The molecule has 0 aromatic rings. The Hall–Kier alpha value is -1.04. The SMILES string of the molecule is [CH]1C=CC[C]2C[C]3CC=CC=C3C=C12. The average molecular weight is 181 g/mol. The monoisotopic (exact) mass is 181 g/mol. The lowest BCUT2D eigenvalue weighted by Crippen LogP contribution is -2.17. The van der Waals surface area contributed by atoms with Gasteiger partial charge in [0.2, 0.25) is 0 Å². The summed E-state index contributed by atoms with van der Waals surface area (Å²) in [5, 5.41) is 0. The quantitative estimate of drug-likeness (QED) is 0.536. The molecule has 0 bridgehead atoms. The molecule has 0 aliphatic heterocycles. The topological polar surface area (TPSA) is 0 Å². The summed E-state index contributed by atoms with van der Waals surface area (Å²) in [4.78, 5) is 0. The van der Waals surface area contributed by atoms with E-state index in [2.05, 4.69) is 42.9 Å². The van der Waals surface area contributed by atoms with Gasteiger partial charge in [0.1, 0.15) is 0 Å². The zero-order valence-corrected chi connectivity index (χ0v) is 8.16. The number of hydrogen-bond donors (Lipinski definition) is 0. The molecule has 0 aromatic carbocycles. The van der Waals surface area contributed by atoms with Crippen molar-refractivity contribution in [1.29, 1.82) is 0 Å². The van der Waals surface area contributed by atoms with Crippen molar-refractivity contribution in [2.24, 2.45) is 0 Å². The predicted molar refractivity (Wildman–Crippen MR) is 59.1 cm³/mol. The molecule has 0 spiro atoms. The highest BCUT2D eigenvalue weighted by atomic mass is 14.3. The van der Waals surface area contributed by atoms with E-state index in [1.165, 1.54) is 17.6 Å². The minimum Gasteiger partial charge on any atom is -0.0870 e. The largest absolute Gasteiger partial charge is 0.0870 e. The highest BCUT2D eigenvalue weighted by Gasteiger charge is 2.28. The van der Waals surface area contributed by atoms with Crippen LogP contribution < -0.4 is 0 Å². The van der Waals surface area contributed by atoms with Crippen molar-refractivity contribution in [1.82, 2.24) is 0 Å². The maximum absolute atomic E-state index is 2.33. The second-order valence-corrected chi connectivity index (χ2v) is 4.04. The summed E-state index contributed by atoms with van der Waals surface area (Å²) in [5.74, 6) is 3.19. The van der Waals surface area contributed by atoms with Crippen molar-refractivity contribution in [3.8, 4) is 0 Å². The van der Waals surface area contributed by atoms with Crippen molar-refractivity contribution in [3.05, 3.63) is 65.9 Å². The molecule has 0 nitrogen and oxygen atoms in total. The van der Waals surface area contributed by atoms with Crippen LogP contribution in [0.3, 0.4) is 0 Å². The van der Waals surface area contributed by atoms with Gasteiger partial charge in [-0.3, -0.25) is 0 Å². The van der Waals surface area contributed by atoms with Gasteiger partial charge >= 0.3 is 0 Å². The van der Waals surface area contributed by atoms with Crippen LogP contribution in [-0.4, -0.2) is 0 Å². The Balaban J connectivity index is 1.96. The molecule has 3 radical (unpaired) electrons. The molecule has 0 heteroatoms. The Labute approximate surface area is 85.7 Å². The van der Waals surface area contributed by atoms with Crippen molar-refractivity contribution in [2.75, 3.05) is 0 Å². The highest BCUT2D eigenvalue weighted by molar-refractivity contribution is 5.56. The van der Waals surface area contributed by atoms with Crippen LogP contribution in [0.25, 0.3) is 0 Å². The fraction of sp³-hybridized carbons (Fsp3) is 0.214. The summed E-state index contributed by atoms with van der Waals surface area (Å²) in [5.41, 5.74) is 2.88. The van der Waals surface area contributed by atoms with E-state index in [-0.39, 0.29) is 0 Å². The van der Waals surface area contributed by atoms with Crippen LogP contribution >= 0.6 is 0 Å². The minimum atomic E-state index is 1.14. The molecule has 0 saturated carbocycles. The van der Waals surface area contributed by atoms with E-state index in [1.54, 1.807) is 11.8 Å². The van der Waals surface area contributed by atoms with Crippen LogP contribution in [0, 0.1) is 18.3 Å². The fourth-order valence-corrected chi connectivity index (χ4v) is 2.31. The van der Waals surface area contributed by atoms with Crippen molar-refractivity contribution < 1.29 is 0 Å². The standard InChI is InChI=1S/C14H13/c1-2-6-12-10-14-8-4-3-7-13(14)9-11(12)5-1/h1-5,7,9H,6,8,10H2. The number of hydrogen-bond acceptors (Lipinski definition) is 0. The number of allylic oxidation sites excluding steroid dienone is 8. The molecular weight excluding hydrogens is 168 g/mol. The van der Waals surface area contributed by atoms with Crippen LogP contribution in [-0.2, 0) is 0 Å². The summed E-state index contributed by atoms with van der Waals surface area (Å²) in [7, 11) is 0. The molecule has 0 amide bonds. The van der Waals surface area contributed by atoms with E-state index in [9.17, 15) is 0 Å². The maximum atomic E-state index is 2.33. The summed E-state index contributed by atoms with van der Waals surface area (Å²) < 4.78 is 0. The molecule has 0 aromatic heterocycles. The molecule has 14 heavy (non-hydrogen) atoms. The lowest BCUT2D eigenvalue weighted by molar-refractivity contribution is 0.772. The maximum Gasteiger partial charge on any atom is 0.00964 e. The first-order chi connectivity index (χ1) is 6.93. The van der Waals surface area contributed by atoms with Crippen LogP contribution in [0.15, 0.2) is 47.6 Å². The summed E-state index contributed by atoms with van der Waals surface area (Å²) in [6.07, 6.45) is 19.1. The first-order valence-electron chi connectivity index (χ1n) is 5.22. The smallest absolute Gasteiger partial charge is 0.00964 e. The van der Waals surface area contributed by atoms with Gasteiger partial charge < -0.3 is 0 Å². The Bertz CT molecular complexity index is 352. The molecule has 0 N–H and O–H groups in total. The van der Waals surface area contributed by atoms with Gasteiger partial charge in [-0.1, -0.05) is 42.0 Å². The van der Waals surface area contributed by atoms with E-state index in [0.717, 1.165) is 12.8 Å². The predicted octanol–water partition coefficient (Wildman–Crippen LogP) is 3.52. The fourth-order valence-electron chi connectivity index (χ4n) is 2.31. The van der Waals surface area contributed by atoms with E-state index in [1.807, 2.05) is 0 Å². The average Bonchev–Trinajstić information content (AvgIpc) is 2.26. The second-order valence-electron chi connectivity index (χ2n) is 4.04. The molecule has 0 atom stereocenters. The molecule has 0 unspecified atom stereocenters. The van der Waals surface area contributed by atoms with Crippen LogP contribution in [0.2, 0.25) is 0 Å². The number of fused-ring (bicyclic) bond motifs is 2.